The fourth-order valence-corrected chi connectivity index (χ4v) is 1.97. The quantitative estimate of drug-likeness (QED) is 0.596. The molecule has 0 atom stereocenters. The van der Waals surface area contributed by atoms with E-state index in [1.807, 2.05) is 0 Å². The van der Waals surface area contributed by atoms with Gasteiger partial charge >= 0.3 is 0 Å². The van der Waals surface area contributed by atoms with Crippen LogP contribution in [0.25, 0.3) is 0 Å². The van der Waals surface area contributed by atoms with Crippen molar-refractivity contribution in [2.24, 2.45) is 0 Å². The van der Waals surface area contributed by atoms with Crippen LogP contribution in [-0.2, 0) is 25.6 Å². The van der Waals surface area contributed by atoms with E-state index >= 15 is 0 Å². The molecule has 0 bridgehead atoms. The summed E-state index contributed by atoms with van der Waals surface area (Å²) in [6, 6.07) is 3.10. The Morgan fingerprint density at radius 1 is 1.28 bits per heavy atom. The summed E-state index contributed by atoms with van der Waals surface area (Å²) in [5.41, 5.74) is 0.345. The van der Waals surface area contributed by atoms with Gasteiger partial charge in [0.05, 0.1) is 17.9 Å². The molecule has 0 unspecified atom stereocenters. The molecule has 1 aromatic rings. The van der Waals surface area contributed by atoms with Crippen molar-refractivity contribution in [2.45, 2.75) is 6.61 Å². The zero-order valence-corrected chi connectivity index (χ0v) is 12.1. The molecular formula is C10H12Cl2O5S. The molecule has 8 heteroatoms. The molecular weight excluding hydrogens is 303 g/mol. The molecule has 0 saturated heterocycles. The third-order valence-corrected chi connectivity index (χ3v) is 3.21. The van der Waals surface area contributed by atoms with E-state index in [2.05, 4.69) is 4.18 Å². The van der Waals surface area contributed by atoms with Gasteiger partial charge in [-0.15, -0.1) is 0 Å². The van der Waals surface area contributed by atoms with Crippen LogP contribution in [0.5, 0.6) is 5.75 Å². The summed E-state index contributed by atoms with van der Waals surface area (Å²) in [6.07, 6.45) is 0.945. The van der Waals surface area contributed by atoms with E-state index in [-0.39, 0.29) is 18.4 Å². The van der Waals surface area contributed by atoms with E-state index in [1.165, 1.54) is 7.11 Å². The molecule has 1 aromatic carbocycles. The van der Waals surface area contributed by atoms with E-state index in [1.54, 1.807) is 12.1 Å². The highest BCUT2D eigenvalue weighted by Gasteiger charge is 2.14. The van der Waals surface area contributed by atoms with Gasteiger partial charge in [-0.05, 0) is 12.1 Å². The van der Waals surface area contributed by atoms with Gasteiger partial charge in [-0.25, -0.2) is 0 Å². The zero-order valence-electron chi connectivity index (χ0n) is 9.77. The molecule has 0 heterocycles. The van der Waals surface area contributed by atoms with Crippen molar-refractivity contribution < 1.29 is 22.1 Å². The van der Waals surface area contributed by atoms with E-state index in [9.17, 15) is 8.42 Å². The molecule has 0 aliphatic heterocycles. The Bertz CT molecular complexity index is 515. The molecule has 5 nitrogen and oxygen atoms in total. The first kappa shape index (κ1) is 15.5. The van der Waals surface area contributed by atoms with Crippen molar-refractivity contribution >= 4 is 33.3 Å². The summed E-state index contributed by atoms with van der Waals surface area (Å²) in [5.74, 6) is 0.343. The summed E-state index contributed by atoms with van der Waals surface area (Å²) in [6.45, 7) is -0.228. The van der Waals surface area contributed by atoms with Crippen LogP contribution in [0.2, 0.25) is 10.0 Å². The average molecular weight is 315 g/mol. The largest absolute Gasteiger partial charge is 0.466 e. The molecule has 1 rings (SSSR count). The normalized spacial score (nSPS) is 11.6. The number of rotatable bonds is 6. The molecule has 0 amide bonds. The van der Waals surface area contributed by atoms with E-state index in [0.29, 0.717) is 16.3 Å². The third-order valence-electron chi connectivity index (χ3n) is 1.90. The molecule has 0 radical (unpaired) electrons. The highest BCUT2D eigenvalue weighted by molar-refractivity contribution is 7.85. The van der Waals surface area contributed by atoms with Crippen LogP contribution in [0.1, 0.15) is 5.56 Å². The number of halogens is 2. The van der Waals surface area contributed by atoms with Gasteiger partial charge < -0.3 is 9.47 Å². The minimum atomic E-state index is -3.57. The van der Waals surface area contributed by atoms with Crippen molar-refractivity contribution in [3.63, 3.8) is 0 Å². The van der Waals surface area contributed by atoms with Gasteiger partial charge in [0.1, 0.15) is 5.75 Å². The number of ether oxygens (including phenoxy) is 2. The van der Waals surface area contributed by atoms with Crippen molar-refractivity contribution in [1.82, 2.24) is 0 Å². The van der Waals surface area contributed by atoms with Gasteiger partial charge in [0, 0.05) is 17.7 Å². The van der Waals surface area contributed by atoms with Crippen molar-refractivity contribution in [3.8, 4) is 5.75 Å². The van der Waals surface area contributed by atoms with Crippen LogP contribution in [0.4, 0.5) is 0 Å². The van der Waals surface area contributed by atoms with Crippen molar-refractivity contribution in [2.75, 3.05) is 20.2 Å². The lowest BCUT2D eigenvalue weighted by molar-refractivity contribution is 0.0511. The summed E-state index contributed by atoms with van der Waals surface area (Å²) in [7, 11) is -2.10. The standard InChI is InChI=1S/C10H12Cl2O5S/c1-15-6-16-9-4-3-8(11)7(10(9)12)5-17-18(2,13)14/h3-4H,5-6H2,1-2H3. The first-order valence-electron chi connectivity index (χ1n) is 4.78. The number of methoxy groups -OCH3 is 1. The van der Waals surface area contributed by atoms with Gasteiger partial charge in [0.25, 0.3) is 10.1 Å². The predicted molar refractivity (Wildman–Crippen MR) is 68.6 cm³/mol. The molecule has 0 saturated carbocycles. The summed E-state index contributed by atoms with van der Waals surface area (Å²) >= 11 is 12.0. The van der Waals surface area contributed by atoms with Crippen LogP contribution >= 0.6 is 23.2 Å². The Kier molecular flexibility index (Phi) is 5.68. The smallest absolute Gasteiger partial charge is 0.264 e. The molecule has 0 aliphatic rings. The Morgan fingerprint density at radius 3 is 2.50 bits per heavy atom. The molecule has 0 fully saturated rings. The van der Waals surface area contributed by atoms with Gasteiger partial charge in [-0.2, -0.15) is 8.42 Å². The van der Waals surface area contributed by atoms with E-state index < -0.39 is 10.1 Å². The second kappa shape index (κ2) is 6.58. The Labute approximate surface area is 116 Å². The lowest BCUT2D eigenvalue weighted by Gasteiger charge is -2.12. The minimum Gasteiger partial charge on any atom is -0.466 e. The van der Waals surface area contributed by atoms with Crippen LogP contribution in [0.3, 0.4) is 0 Å². The van der Waals surface area contributed by atoms with Crippen molar-refractivity contribution in [3.05, 3.63) is 27.7 Å². The first-order valence-corrected chi connectivity index (χ1v) is 7.35. The molecule has 0 spiro atoms. The maximum Gasteiger partial charge on any atom is 0.264 e. The van der Waals surface area contributed by atoms with Gasteiger partial charge in [0.2, 0.25) is 0 Å². The minimum absolute atomic E-state index is 0.0216. The first-order chi connectivity index (χ1) is 8.35. The van der Waals surface area contributed by atoms with Gasteiger partial charge in [0.15, 0.2) is 6.79 Å². The highest BCUT2D eigenvalue weighted by Crippen LogP contribution is 2.34. The molecule has 0 aliphatic carbocycles. The lowest BCUT2D eigenvalue weighted by Crippen LogP contribution is -2.05. The van der Waals surface area contributed by atoms with Crippen molar-refractivity contribution in [1.29, 1.82) is 0 Å². The van der Waals surface area contributed by atoms with Crippen LogP contribution in [0.15, 0.2) is 12.1 Å². The molecule has 0 aromatic heterocycles. The van der Waals surface area contributed by atoms with Crippen LogP contribution in [0, 0.1) is 0 Å². The second-order valence-electron chi connectivity index (χ2n) is 3.36. The van der Waals surface area contributed by atoms with Gasteiger partial charge in [-0.1, -0.05) is 23.2 Å². The lowest BCUT2D eigenvalue weighted by atomic mass is 10.2. The van der Waals surface area contributed by atoms with E-state index in [4.69, 9.17) is 32.7 Å². The van der Waals surface area contributed by atoms with Crippen LogP contribution < -0.4 is 4.74 Å². The highest BCUT2D eigenvalue weighted by atomic mass is 35.5. The fourth-order valence-electron chi connectivity index (χ4n) is 1.11. The maximum absolute atomic E-state index is 10.9. The number of hydrogen-bond donors (Lipinski definition) is 0. The Balaban J connectivity index is 2.95. The molecule has 0 N–H and O–H groups in total. The molecule has 102 valence electrons. The topological polar surface area (TPSA) is 61.8 Å². The number of hydrogen-bond acceptors (Lipinski definition) is 5. The SMILES string of the molecule is COCOc1ccc(Cl)c(COS(C)(=O)=O)c1Cl. The predicted octanol–water partition coefficient (Wildman–Crippen LogP) is 2.45. The average Bonchev–Trinajstić information content (AvgIpc) is 2.26. The number of benzene rings is 1. The summed E-state index contributed by atoms with van der Waals surface area (Å²) in [5, 5.41) is 0.497. The van der Waals surface area contributed by atoms with Gasteiger partial charge in [-0.3, -0.25) is 4.18 Å². The maximum atomic E-state index is 10.9. The fraction of sp³-hybridized carbons (Fsp3) is 0.400. The Morgan fingerprint density at radius 2 is 1.94 bits per heavy atom. The summed E-state index contributed by atoms with van der Waals surface area (Å²) < 4.78 is 36.4. The Hall–Kier alpha value is -0.530. The molecule has 18 heavy (non-hydrogen) atoms. The second-order valence-corrected chi connectivity index (χ2v) is 5.78. The monoisotopic (exact) mass is 314 g/mol. The zero-order chi connectivity index (χ0) is 13.8. The van der Waals surface area contributed by atoms with E-state index in [0.717, 1.165) is 6.26 Å². The summed E-state index contributed by atoms with van der Waals surface area (Å²) in [4.78, 5) is 0. The third kappa shape index (κ3) is 4.62. The van der Waals surface area contributed by atoms with Crippen LogP contribution in [-0.4, -0.2) is 28.6 Å².